The van der Waals surface area contributed by atoms with Gasteiger partial charge in [-0.1, -0.05) is 79.4 Å². The Morgan fingerprint density at radius 1 is 0.788 bits per heavy atom. The molecule has 0 fully saturated rings. The van der Waals surface area contributed by atoms with E-state index in [1.54, 1.807) is 24.3 Å². The number of nitrogens with zero attached hydrogens (tertiary/aromatic N) is 1. The molecule has 4 aromatic rings. The van der Waals surface area contributed by atoms with Gasteiger partial charge in [0.15, 0.2) is 0 Å². The smallest absolute Gasteiger partial charge is 0.240 e. The summed E-state index contributed by atoms with van der Waals surface area (Å²) >= 11 is 0. The second kappa shape index (κ2) is 10.1. The lowest BCUT2D eigenvalue weighted by Crippen LogP contribution is -2.23. The summed E-state index contributed by atoms with van der Waals surface area (Å²) < 4.78 is 32.7. The van der Waals surface area contributed by atoms with Crippen LogP contribution in [-0.2, 0) is 16.6 Å². The van der Waals surface area contributed by atoms with Crippen molar-refractivity contribution in [2.75, 3.05) is 0 Å². The number of hydrazone groups is 1. The fraction of sp³-hybridized carbons (Fsp3) is 0.0385. The molecule has 0 atom stereocenters. The van der Waals surface area contributed by atoms with Gasteiger partial charge in [-0.25, -0.2) is 13.1 Å². The summed E-state index contributed by atoms with van der Waals surface area (Å²) in [6.45, 7) is 4.14. The summed E-state index contributed by atoms with van der Waals surface area (Å²) in [7, 11) is -3.66. The van der Waals surface area contributed by atoms with Crippen molar-refractivity contribution in [1.82, 2.24) is 10.1 Å². The van der Waals surface area contributed by atoms with Gasteiger partial charge in [0.05, 0.1) is 29.1 Å². The highest BCUT2D eigenvalue weighted by Gasteiger charge is 2.15. The van der Waals surface area contributed by atoms with Crippen molar-refractivity contribution in [2.24, 2.45) is 5.10 Å². The molecule has 7 heteroatoms. The van der Waals surface area contributed by atoms with Gasteiger partial charge in [-0.2, -0.15) is 5.10 Å². The summed E-state index contributed by atoms with van der Waals surface area (Å²) in [6.07, 6.45) is 1.50. The third kappa shape index (κ3) is 5.65. The van der Waals surface area contributed by atoms with Gasteiger partial charge in [0.25, 0.3) is 0 Å². The topological polar surface area (TPSA) is 83.7 Å². The average molecular weight is 458 g/mol. The van der Waals surface area contributed by atoms with E-state index in [4.69, 9.17) is 4.42 Å². The van der Waals surface area contributed by atoms with Crippen molar-refractivity contribution in [3.8, 4) is 0 Å². The van der Waals surface area contributed by atoms with E-state index in [-0.39, 0.29) is 11.4 Å². The number of furan rings is 1. The Hall–Kier alpha value is -3.94. The molecule has 0 bridgehead atoms. The van der Waals surface area contributed by atoms with Crippen molar-refractivity contribution in [2.45, 2.75) is 11.4 Å². The minimum atomic E-state index is -3.66. The maximum atomic E-state index is 12.5. The maximum absolute atomic E-state index is 12.5. The number of rotatable bonds is 9. The van der Waals surface area contributed by atoms with Crippen molar-refractivity contribution in [3.63, 3.8) is 0 Å². The van der Waals surface area contributed by atoms with E-state index in [0.717, 1.165) is 22.4 Å². The van der Waals surface area contributed by atoms with Crippen LogP contribution in [0.15, 0.2) is 124 Å². The van der Waals surface area contributed by atoms with Crippen molar-refractivity contribution >= 4 is 21.4 Å². The third-order valence-corrected chi connectivity index (χ3v) is 6.34. The predicted molar refractivity (Wildman–Crippen MR) is 130 cm³/mol. The van der Waals surface area contributed by atoms with E-state index in [9.17, 15) is 8.42 Å². The molecule has 3 aromatic carbocycles. The highest BCUT2D eigenvalue weighted by molar-refractivity contribution is 7.89. The van der Waals surface area contributed by atoms with Crippen molar-refractivity contribution < 1.29 is 12.8 Å². The summed E-state index contributed by atoms with van der Waals surface area (Å²) in [6, 6.07) is 29.6. The zero-order valence-corrected chi connectivity index (χ0v) is 18.6. The van der Waals surface area contributed by atoms with Gasteiger partial charge in [-0.15, -0.1) is 0 Å². The van der Waals surface area contributed by atoms with Crippen molar-refractivity contribution in [1.29, 1.82) is 0 Å². The van der Waals surface area contributed by atoms with E-state index in [1.165, 1.54) is 18.4 Å². The molecule has 0 saturated carbocycles. The van der Waals surface area contributed by atoms with Gasteiger partial charge in [-0.05, 0) is 29.8 Å². The standard InChI is InChI=1S/C26H23N3O3S/c1-20(28-29-26(22-9-4-2-5-10-22)23-11-6-3-7-12-23)21-14-16-25(17-15-21)33(30,31)27-19-24-13-8-18-32-24/h2-18,27-28H,1,19H2. The normalized spacial score (nSPS) is 11.0. The first-order chi connectivity index (χ1) is 16.0. The minimum Gasteiger partial charge on any atom is -0.468 e. The van der Waals surface area contributed by atoms with Gasteiger partial charge in [0.1, 0.15) is 5.76 Å². The van der Waals surface area contributed by atoms with E-state index in [1.807, 2.05) is 60.7 Å². The monoisotopic (exact) mass is 457 g/mol. The van der Waals surface area contributed by atoms with Gasteiger partial charge in [0, 0.05) is 11.1 Å². The fourth-order valence-electron chi connectivity index (χ4n) is 3.17. The number of hydrogen-bond donors (Lipinski definition) is 2. The largest absolute Gasteiger partial charge is 0.468 e. The summed E-state index contributed by atoms with van der Waals surface area (Å²) in [5.74, 6) is 0.540. The van der Waals surface area contributed by atoms with Gasteiger partial charge >= 0.3 is 0 Å². The minimum absolute atomic E-state index is 0.0851. The molecule has 2 N–H and O–H groups in total. The Labute approximate surface area is 193 Å². The van der Waals surface area contributed by atoms with Crippen LogP contribution in [0.5, 0.6) is 0 Å². The van der Waals surface area contributed by atoms with Crippen LogP contribution in [0, 0.1) is 0 Å². The van der Waals surface area contributed by atoms with E-state index >= 15 is 0 Å². The fourth-order valence-corrected chi connectivity index (χ4v) is 4.17. The van der Waals surface area contributed by atoms with Crippen LogP contribution < -0.4 is 10.1 Å². The van der Waals surface area contributed by atoms with E-state index < -0.39 is 10.0 Å². The van der Waals surface area contributed by atoms with Crippen LogP contribution in [-0.4, -0.2) is 14.1 Å². The Balaban J connectivity index is 1.49. The highest BCUT2D eigenvalue weighted by atomic mass is 32.2. The SMILES string of the molecule is C=C(NN=C(c1ccccc1)c1ccccc1)c1ccc(S(=O)(=O)NCc2ccco2)cc1. The van der Waals surface area contributed by atoms with Crippen LogP contribution >= 0.6 is 0 Å². The molecule has 0 radical (unpaired) electrons. The molecule has 0 saturated heterocycles. The molecule has 0 aliphatic heterocycles. The van der Waals surface area contributed by atoms with Crippen LogP contribution in [0.1, 0.15) is 22.5 Å². The second-order valence-corrected chi connectivity index (χ2v) is 8.98. The molecule has 0 spiro atoms. The first kappa shape index (κ1) is 22.3. The molecular weight excluding hydrogens is 434 g/mol. The molecule has 1 aromatic heterocycles. The number of nitrogens with one attached hydrogen (secondary N) is 2. The summed E-state index contributed by atoms with van der Waals surface area (Å²) in [5.41, 5.74) is 7.00. The molecule has 1 heterocycles. The molecule has 33 heavy (non-hydrogen) atoms. The van der Waals surface area contributed by atoms with Crippen LogP contribution in [0.3, 0.4) is 0 Å². The Bertz CT molecular complexity index is 1290. The number of benzene rings is 3. The third-order valence-electron chi connectivity index (χ3n) is 4.93. The van der Waals surface area contributed by atoms with Gasteiger partial charge in [-0.3, -0.25) is 5.43 Å². The molecular formula is C26H23N3O3S. The van der Waals surface area contributed by atoms with Crippen LogP contribution in [0.4, 0.5) is 0 Å². The summed E-state index contributed by atoms with van der Waals surface area (Å²) in [5, 5.41) is 4.60. The first-order valence-electron chi connectivity index (χ1n) is 10.3. The van der Waals surface area contributed by atoms with Gasteiger partial charge < -0.3 is 4.42 Å². The maximum Gasteiger partial charge on any atom is 0.240 e. The Kier molecular flexibility index (Phi) is 6.83. The molecule has 0 aliphatic rings. The van der Waals surface area contributed by atoms with Crippen molar-refractivity contribution in [3.05, 3.63) is 132 Å². The lowest BCUT2D eigenvalue weighted by Gasteiger charge is -2.11. The number of hydrogen-bond acceptors (Lipinski definition) is 5. The zero-order chi connectivity index (χ0) is 23.1. The second-order valence-electron chi connectivity index (χ2n) is 7.21. The van der Waals surface area contributed by atoms with Crippen LogP contribution in [0.25, 0.3) is 5.70 Å². The van der Waals surface area contributed by atoms with E-state index in [0.29, 0.717) is 11.5 Å². The average Bonchev–Trinajstić information content (AvgIpc) is 3.38. The molecule has 0 aliphatic carbocycles. The molecule has 166 valence electrons. The quantitative estimate of drug-likeness (QED) is 0.280. The summed E-state index contributed by atoms with van der Waals surface area (Å²) in [4.78, 5) is 0.156. The molecule has 4 rings (SSSR count). The Morgan fingerprint density at radius 2 is 1.39 bits per heavy atom. The van der Waals surface area contributed by atoms with Gasteiger partial charge in [0.2, 0.25) is 10.0 Å². The lowest BCUT2D eigenvalue weighted by molar-refractivity contribution is 0.498. The van der Waals surface area contributed by atoms with E-state index in [2.05, 4.69) is 21.8 Å². The zero-order valence-electron chi connectivity index (χ0n) is 17.8. The first-order valence-corrected chi connectivity index (χ1v) is 11.8. The predicted octanol–water partition coefficient (Wildman–Crippen LogP) is 4.77. The highest BCUT2D eigenvalue weighted by Crippen LogP contribution is 2.16. The molecule has 6 nitrogen and oxygen atoms in total. The number of sulfonamides is 1. The lowest BCUT2D eigenvalue weighted by atomic mass is 10.0. The van der Waals surface area contributed by atoms with Crippen LogP contribution in [0.2, 0.25) is 0 Å². The Morgan fingerprint density at radius 3 is 1.94 bits per heavy atom. The molecule has 0 amide bonds. The molecule has 0 unspecified atom stereocenters.